The first-order valence-electron chi connectivity index (χ1n) is 9.45. The zero-order valence-corrected chi connectivity index (χ0v) is 15.6. The molecule has 7 heteroatoms. The lowest BCUT2D eigenvalue weighted by atomic mass is 10.0. The van der Waals surface area contributed by atoms with Crippen LogP contribution >= 0.6 is 0 Å². The number of benzene rings is 1. The van der Waals surface area contributed by atoms with E-state index in [1.807, 2.05) is 41.2 Å². The molecule has 1 N–H and O–H groups in total. The number of rotatable bonds is 6. The Kier molecular flexibility index (Phi) is 6.46. The third-order valence-corrected chi connectivity index (χ3v) is 4.68. The number of nitrogens with zero attached hydrogens (tertiary/aromatic N) is 3. The number of likely N-dealkylation sites (tertiary alicyclic amines) is 1. The lowest BCUT2D eigenvalue weighted by Gasteiger charge is -2.31. The van der Waals surface area contributed by atoms with Crippen LogP contribution in [0.25, 0.3) is 5.69 Å². The molecule has 0 atom stereocenters. The molecular weight excluding hydrogens is 344 g/mol. The monoisotopic (exact) mass is 370 g/mol. The Morgan fingerprint density at radius 2 is 1.96 bits per heavy atom. The number of aromatic nitrogens is 2. The molecule has 0 bridgehead atoms. The third-order valence-electron chi connectivity index (χ3n) is 4.68. The second-order valence-electron chi connectivity index (χ2n) is 6.66. The van der Waals surface area contributed by atoms with E-state index in [9.17, 15) is 9.59 Å². The summed E-state index contributed by atoms with van der Waals surface area (Å²) < 4.78 is 6.83. The fraction of sp³-hybridized carbons (Fsp3) is 0.450. The summed E-state index contributed by atoms with van der Waals surface area (Å²) in [5.74, 6) is 0.0389. The standard InChI is InChI=1S/C20H26N4O3/c1-2-27-20(26)23-12-10-17(11-13-23)22-19(25)9-8-16-14-21-24(15-16)18-6-4-3-5-7-18/h3-7,14-15,17H,2,8-13H2,1H3,(H,22,25). The Bertz CT molecular complexity index is 752. The maximum atomic E-state index is 12.2. The van der Waals surface area contributed by atoms with Crippen LogP contribution in [0.3, 0.4) is 0 Å². The van der Waals surface area contributed by atoms with Crippen molar-refractivity contribution < 1.29 is 14.3 Å². The first-order valence-corrected chi connectivity index (χ1v) is 9.45. The molecule has 0 saturated carbocycles. The van der Waals surface area contributed by atoms with Gasteiger partial charge in [0.05, 0.1) is 18.5 Å². The number of piperidine rings is 1. The van der Waals surface area contributed by atoms with E-state index in [2.05, 4.69) is 10.4 Å². The van der Waals surface area contributed by atoms with E-state index in [1.54, 1.807) is 18.0 Å². The number of amides is 2. The van der Waals surface area contributed by atoms with Crippen molar-refractivity contribution in [3.63, 3.8) is 0 Å². The second kappa shape index (κ2) is 9.21. The summed E-state index contributed by atoms with van der Waals surface area (Å²) in [7, 11) is 0. The summed E-state index contributed by atoms with van der Waals surface area (Å²) >= 11 is 0. The number of carbonyl (C=O) groups excluding carboxylic acids is 2. The van der Waals surface area contributed by atoms with Gasteiger partial charge in [-0.15, -0.1) is 0 Å². The Labute approximate surface area is 159 Å². The van der Waals surface area contributed by atoms with Crippen molar-refractivity contribution in [2.75, 3.05) is 19.7 Å². The lowest BCUT2D eigenvalue weighted by Crippen LogP contribution is -2.46. The van der Waals surface area contributed by atoms with Crippen LogP contribution in [0.15, 0.2) is 42.7 Å². The highest BCUT2D eigenvalue weighted by atomic mass is 16.6. The first-order chi connectivity index (χ1) is 13.2. The predicted octanol–water partition coefficient (Wildman–Crippen LogP) is 2.54. The Morgan fingerprint density at radius 3 is 2.67 bits per heavy atom. The minimum absolute atomic E-state index is 0.0389. The molecule has 27 heavy (non-hydrogen) atoms. The number of para-hydroxylation sites is 1. The molecule has 1 aliphatic heterocycles. The minimum Gasteiger partial charge on any atom is -0.450 e. The molecule has 0 aliphatic carbocycles. The van der Waals surface area contributed by atoms with Gasteiger partial charge >= 0.3 is 6.09 Å². The Hall–Kier alpha value is -2.83. The molecule has 1 aromatic carbocycles. The van der Waals surface area contributed by atoms with E-state index in [1.165, 1.54) is 0 Å². The molecule has 0 spiro atoms. The molecule has 2 amide bonds. The number of hydrogen-bond donors (Lipinski definition) is 1. The van der Waals surface area contributed by atoms with Crippen molar-refractivity contribution in [1.29, 1.82) is 0 Å². The quantitative estimate of drug-likeness (QED) is 0.848. The highest BCUT2D eigenvalue weighted by molar-refractivity contribution is 5.76. The Morgan fingerprint density at radius 1 is 1.22 bits per heavy atom. The molecule has 144 valence electrons. The van der Waals surface area contributed by atoms with Crippen LogP contribution in [-0.4, -0.2) is 52.4 Å². The van der Waals surface area contributed by atoms with Crippen molar-refractivity contribution in [3.05, 3.63) is 48.3 Å². The molecule has 0 unspecified atom stereocenters. The van der Waals surface area contributed by atoms with Gasteiger partial charge in [-0.2, -0.15) is 5.10 Å². The average Bonchev–Trinajstić information content (AvgIpc) is 3.17. The van der Waals surface area contributed by atoms with Gasteiger partial charge in [0.25, 0.3) is 0 Å². The largest absolute Gasteiger partial charge is 0.450 e. The number of aryl methyl sites for hydroxylation is 1. The van der Waals surface area contributed by atoms with E-state index in [-0.39, 0.29) is 18.0 Å². The van der Waals surface area contributed by atoms with Crippen LogP contribution in [-0.2, 0) is 16.0 Å². The molecule has 0 radical (unpaired) electrons. The molecule has 1 saturated heterocycles. The maximum Gasteiger partial charge on any atom is 0.409 e. The zero-order valence-electron chi connectivity index (χ0n) is 15.6. The van der Waals surface area contributed by atoms with Gasteiger partial charge in [0.1, 0.15) is 0 Å². The first kappa shape index (κ1) is 18.9. The molecule has 1 aromatic heterocycles. The summed E-state index contributed by atoms with van der Waals surface area (Å²) in [4.78, 5) is 25.6. The molecule has 3 rings (SSSR count). The molecule has 1 aliphatic rings. The van der Waals surface area contributed by atoms with Crippen molar-refractivity contribution in [2.24, 2.45) is 0 Å². The van der Waals surface area contributed by atoms with Gasteiger partial charge in [-0.3, -0.25) is 4.79 Å². The van der Waals surface area contributed by atoms with Gasteiger partial charge in [0.15, 0.2) is 0 Å². The number of nitrogens with one attached hydrogen (secondary N) is 1. The van der Waals surface area contributed by atoms with Crippen LogP contribution in [0.4, 0.5) is 4.79 Å². The fourth-order valence-electron chi connectivity index (χ4n) is 3.19. The maximum absolute atomic E-state index is 12.2. The van der Waals surface area contributed by atoms with Crippen molar-refractivity contribution >= 4 is 12.0 Å². The van der Waals surface area contributed by atoms with Crippen molar-refractivity contribution in [3.8, 4) is 5.69 Å². The average molecular weight is 370 g/mol. The number of carbonyl (C=O) groups is 2. The summed E-state index contributed by atoms with van der Waals surface area (Å²) in [6, 6.07) is 10.0. The SMILES string of the molecule is CCOC(=O)N1CCC(NC(=O)CCc2cnn(-c3ccccc3)c2)CC1. The van der Waals surface area contributed by atoms with E-state index in [4.69, 9.17) is 4.74 Å². The third kappa shape index (κ3) is 5.32. The van der Waals surface area contributed by atoms with Gasteiger partial charge in [0, 0.05) is 31.7 Å². The van der Waals surface area contributed by atoms with Crippen molar-refractivity contribution in [1.82, 2.24) is 20.0 Å². The molecule has 7 nitrogen and oxygen atoms in total. The lowest BCUT2D eigenvalue weighted by molar-refractivity contribution is -0.122. The van der Waals surface area contributed by atoms with Gasteiger partial charge in [0.2, 0.25) is 5.91 Å². The van der Waals surface area contributed by atoms with Crippen molar-refractivity contribution in [2.45, 2.75) is 38.6 Å². The van der Waals surface area contributed by atoms with Crippen LogP contribution < -0.4 is 5.32 Å². The summed E-state index contributed by atoms with van der Waals surface area (Å²) in [5, 5.41) is 7.43. The second-order valence-corrected chi connectivity index (χ2v) is 6.66. The Balaban J connectivity index is 1.41. The van der Waals surface area contributed by atoms with Gasteiger partial charge in [-0.05, 0) is 43.9 Å². The van der Waals surface area contributed by atoms with Crippen LogP contribution in [0.1, 0.15) is 31.7 Å². The van der Waals surface area contributed by atoms with E-state index in [0.29, 0.717) is 32.5 Å². The van der Waals surface area contributed by atoms with Gasteiger partial charge < -0.3 is 15.0 Å². The van der Waals surface area contributed by atoms with E-state index in [0.717, 1.165) is 24.1 Å². The molecule has 1 fully saturated rings. The van der Waals surface area contributed by atoms with Gasteiger partial charge in [-0.1, -0.05) is 18.2 Å². The van der Waals surface area contributed by atoms with Crippen LogP contribution in [0, 0.1) is 0 Å². The highest BCUT2D eigenvalue weighted by Crippen LogP contribution is 2.13. The molecular formula is C20H26N4O3. The van der Waals surface area contributed by atoms with Crippen LogP contribution in [0.2, 0.25) is 0 Å². The fourth-order valence-corrected chi connectivity index (χ4v) is 3.19. The predicted molar refractivity (Wildman–Crippen MR) is 102 cm³/mol. The minimum atomic E-state index is -0.266. The normalized spacial score (nSPS) is 14.8. The molecule has 2 heterocycles. The van der Waals surface area contributed by atoms with E-state index < -0.39 is 0 Å². The summed E-state index contributed by atoms with van der Waals surface area (Å²) in [5.41, 5.74) is 2.03. The topological polar surface area (TPSA) is 76.5 Å². The zero-order chi connectivity index (χ0) is 19.1. The summed E-state index contributed by atoms with van der Waals surface area (Å²) in [6.07, 6.45) is 6.10. The highest BCUT2D eigenvalue weighted by Gasteiger charge is 2.24. The van der Waals surface area contributed by atoms with Gasteiger partial charge in [-0.25, -0.2) is 9.48 Å². The smallest absolute Gasteiger partial charge is 0.409 e. The van der Waals surface area contributed by atoms with E-state index >= 15 is 0 Å². The number of ether oxygens (including phenoxy) is 1. The van der Waals surface area contributed by atoms with Crippen LogP contribution in [0.5, 0.6) is 0 Å². The number of hydrogen-bond acceptors (Lipinski definition) is 4. The molecule has 2 aromatic rings. The summed E-state index contributed by atoms with van der Waals surface area (Å²) in [6.45, 7) is 3.42.